The number of pyridine rings is 1. The van der Waals surface area contributed by atoms with Crippen LogP contribution in [0.15, 0.2) is 77.7 Å². The molecule has 6 nitrogen and oxygen atoms in total. The molecule has 34 heavy (non-hydrogen) atoms. The number of aryl methyl sites for hydroxylation is 4. The second kappa shape index (κ2) is 8.63. The summed E-state index contributed by atoms with van der Waals surface area (Å²) in [5, 5.41) is 4.80. The van der Waals surface area contributed by atoms with Gasteiger partial charge in [0.05, 0.1) is 16.9 Å². The van der Waals surface area contributed by atoms with Gasteiger partial charge in [-0.15, -0.1) is 0 Å². The SMILES string of the molecule is Cc1ccc(-n2nc(-c3c(C)nc4c(OCc5ccccc5)cccn4c3=O)cc2C)c(C)c1. The number of fused-ring (bicyclic) bond motifs is 1. The molecule has 3 heterocycles. The van der Waals surface area contributed by atoms with E-state index < -0.39 is 0 Å². The maximum absolute atomic E-state index is 13.6. The smallest absolute Gasteiger partial charge is 0.267 e. The largest absolute Gasteiger partial charge is 0.485 e. The van der Waals surface area contributed by atoms with Gasteiger partial charge in [0, 0.05) is 11.9 Å². The zero-order valence-electron chi connectivity index (χ0n) is 19.7. The van der Waals surface area contributed by atoms with Gasteiger partial charge >= 0.3 is 0 Å². The maximum atomic E-state index is 13.6. The van der Waals surface area contributed by atoms with Gasteiger partial charge in [-0.05, 0) is 63.1 Å². The van der Waals surface area contributed by atoms with Crippen LogP contribution in [-0.2, 0) is 6.61 Å². The summed E-state index contributed by atoms with van der Waals surface area (Å²) in [7, 11) is 0. The van der Waals surface area contributed by atoms with Crippen LogP contribution in [0.4, 0.5) is 0 Å². The van der Waals surface area contributed by atoms with Gasteiger partial charge in [0.2, 0.25) is 0 Å². The molecule has 2 aromatic carbocycles. The molecular weight excluding hydrogens is 424 g/mol. The first-order valence-electron chi connectivity index (χ1n) is 11.3. The molecule has 5 aromatic rings. The van der Waals surface area contributed by atoms with Gasteiger partial charge in [0.15, 0.2) is 11.4 Å². The van der Waals surface area contributed by atoms with Crippen molar-refractivity contribution < 1.29 is 4.74 Å². The summed E-state index contributed by atoms with van der Waals surface area (Å²) < 4.78 is 9.44. The Morgan fingerprint density at radius 3 is 2.47 bits per heavy atom. The van der Waals surface area contributed by atoms with Crippen LogP contribution < -0.4 is 10.3 Å². The molecule has 0 N–H and O–H groups in total. The van der Waals surface area contributed by atoms with Crippen LogP contribution in [0.2, 0.25) is 0 Å². The predicted molar refractivity (Wildman–Crippen MR) is 134 cm³/mol. The standard InChI is InChI=1S/C28H26N4O2/c1-18-12-13-24(19(2)15-18)32-20(3)16-23(30-32)26-21(4)29-27-25(11-8-14-31(27)28(26)33)34-17-22-9-6-5-7-10-22/h5-16H,17H2,1-4H3. The molecule has 0 saturated carbocycles. The van der Waals surface area contributed by atoms with E-state index in [1.54, 1.807) is 12.3 Å². The van der Waals surface area contributed by atoms with Crippen LogP contribution in [0, 0.1) is 27.7 Å². The Hall–Kier alpha value is -4.19. The summed E-state index contributed by atoms with van der Waals surface area (Å²) in [5.74, 6) is 0.565. The number of rotatable bonds is 5. The average molecular weight is 451 g/mol. The van der Waals surface area contributed by atoms with Crippen LogP contribution in [0.1, 0.15) is 28.1 Å². The topological polar surface area (TPSA) is 61.4 Å². The summed E-state index contributed by atoms with van der Waals surface area (Å²) in [6.07, 6.45) is 1.72. The third-order valence-corrected chi connectivity index (χ3v) is 5.96. The van der Waals surface area contributed by atoms with Crippen LogP contribution in [0.3, 0.4) is 0 Å². The Morgan fingerprint density at radius 2 is 1.71 bits per heavy atom. The number of nitrogens with zero attached hydrogens (tertiary/aromatic N) is 4. The van der Waals surface area contributed by atoms with E-state index in [1.165, 1.54) is 9.96 Å². The summed E-state index contributed by atoms with van der Waals surface area (Å²) in [5.41, 5.74) is 7.37. The van der Waals surface area contributed by atoms with Crippen molar-refractivity contribution in [2.24, 2.45) is 0 Å². The van der Waals surface area contributed by atoms with Crippen molar-refractivity contribution in [3.05, 3.63) is 111 Å². The highest BCUT2D eigenvalue weighted by atomic mass is 16.5. The summed E-state index contributed by atoms with van der Waals surface area (Å²) in [6.45, 7) is 8.37. The van der Waals surface area contributed by atoms with Crippen molar-refractivity contribution in [3.63, 3.8) is 0 Å². The van der Waals surface area contributed by atoms with Crippen LogP contribution in [-0.4, -0.2) is 19.2 Å². The van der Waals surface area contributed by atoms with E-state index in [9.17, 15) is 4.79 Å². The van der Waals surface area contributed by atoms with Crippen molar-refractivity contribution in [2.45, 2.75) is 34.3 Å². The second-order valence-electron chi connectivity index (χ2n) is 8.59. The van der Waals surface area contributed by atoms with Crippen molar-refractivity contribution in [1.29, 1.82) is 0 Å². The summed E-state index contributed by atoms with van der Waals surface area (Å²) in [4.78, 5) is 18.3. The molecule has 0 aliphatic carbocycles. The van der Waals surface area contributed by atoms with Crippen molar-refractivity contribution in [3.8, 4) is 22.7 Å². The average Bonchev–Trinajstić information content (AvgIpc) is 3.19. The van der Waals surface area contributed by atoms with E-state index in [0.717, 1.165) is 22.5 Å². The van der Waals surface area contributed by atoms with Gasteiger partial charge < -0.3 is 4.74 Å². The Bertz CT molecular complexity index is 1570. The van der Waals surface area contributed by atoms with E-state index in [0.29, 0.717) is 35.0 Å². The molecule has 0 radical (unpaired) electrons. The van der Waals surface area contributed by atoms with Crippen LogP contribution in [0.25, 0.3) is 22.6 Å². The first-order valence-corrected chi connectivity index (χ1v) is 11.3. The number of benzene rings is 2. The molecule has 0 amide bonds. The minimum Gasteiger partial charge on any atom is -0.485 e. The molecule has 0 aliphatic heterocycles. The quantitative estimate of drug-likeness (QED) is 0.362. The molecule has 0 atom stereocenters. The summed E-state index contributed by atoms with van der Waals surface area (Å²) >= 11 is 0. The van der Waals surface area contributed by atoms with Gasteiger partial charge in [-0.3, -0.25) is 9.20 Å². The highest BCUT2D eigenvalue weighted by molar-refractivity contribution is 5.66. The fourth-order valence-electron chi connectivity index (χ4n) is 4.27. The highest BCUT2D eigenvalue weighted by Crippen LogP contribution is 2.25. The molecule has 0 aliphatic rings. The number of hydrogen-bond acceptors (Lipinski definition) is 4. The fourth-order valence-corrected chi connectivity index (χ4v) is 4.27. The number of hydrogen-bond donors (Lipinski definition) is 0. The lowest BCUT2D eigenvalue weighted by atomic mass is 10.1. The molecule has 6 heteroatoms. The number of aromatic nitrogens is 4. The van der Waals surface area contributed by atoms with E-state index in [2.05, 4.69) is 32.0 Å². The van der Waals surface area contributed by atoms with Gasteiger partial charge in [0.1, 0.15) is 12.3 Å². The predicted octanol–water partition coefficient (Wildman–Crippen LogP) is 5.36. The zero-order valence-corrected chi connectivity index (χ0v) is 19.7. The number of ether oxygens (including phenoxy) is 1. The second-order valence-corrected chi connectivity index (χ2v) is 8.59. The Balaban J connectivity index is 1.57. The highest BCUT2D eigenvalue weighted by Gasteiger charge is 2.19. The Labute approximate surface area is 198 Å². The molecular formula is C28H26N4O2. The minimum atomic E-state index is -0.169. The molecule has 0 bridgehead atoms. The van der Waals surface area contributed by atoms with E-state index >= 15 is 0 Å². The monoisotopic (exact) mass is 450 g/mol. The Morgan fingerprint density at radius 1 is 0.912 bits per heavy atom. The molecule has 0 spiro atoms. The molecule has 5 rings (SSSR count). The zero-order chi connectivity index (χ0) is 23.8. The fraction of sp³-hybridized carbons (Fsp3) is 0.179. The van der Waals surface area contributed by atoms with Crippen molar-refractivity contribution >= 4 is 5.65 Å². The van der Waals surface area contributed by atoms with Crippen LogP contribution in [0.5, 0.6) is 5.75 Å². The Kier molecular flexibility index (Phi) is 5.49. The third kappa shape index (κ3) is 3.88. The minimum absolute atomic E-state index is 0.169. The molecule has 3 aromatic heterocycles. The van der Waals surface area contributed by atoms with Gasteiger partial charge in [0.25, 0.3) is 5.56 Å². The molecule has 0 unspecified atom stereocenters. The third-order valence-electron chi connectivity index (χ3n) is 5.96. The van der Waals surface area contributed by atoms with Crippen molar-refractivity contribution in [2.75, 3.05) is 0 Å². The van der Waals surface area contributed by atoms with E-state index in [-0.39, 0.29) is 5.56 Å². The van der Waals surface area contributed by atoms with Crippen LogP contribution >= 0.6 is 0 Å². The van der Waals surface area contributed by atoms with E-state index in [1.807, 2.05) is 61.0 Å². The van der Waals surface area contributed by atoms with Gasteiger partial charge in [-0.2, -0.15) is 5.10 Å². The molecule has 170 valence electrons. The lowest BCUT2D eigenvalue weighted by Gasteiger charge is -2.12. The van der Waals surface area contributed by atoms with Gasteiger partial charge in [-0.1, -0.05) is 48.0 Å². The van der Waals surface area contributed by atoms with Crippen molar-refractivity contribution in [1.82, 2.24) is 19.2 Å². The first-order chi connectivity index (χ1) is 16.4. The summed E-state index contributed by atoms with van der Waals surface area (Å²) in [6, 6.07) is 21.7. The van der Waals surface area contributed by atoms with Gasteiger partial charge in [-0.25, -0.2) is 9.67 Å². The lowest BCUT2D eigenvalue weighted by Crippen LogP contribution is -2.19. The molecule has 0 fully saturated rings. The molecule has 0 saturated heterocycles. The maximum Gasteiger partial charge on any atom is 0.267 e. The van der Waals surface area contributed by atoms with E-state index in [4.69, 9.17) is 14.8 Å². The lowest BCUT2D eigenvalue weighted by molar-refractivity contribution is 0.308. The first kappa shape index (κ1) is 21.6. The normalized spacial score (nSPS) is 11.2.